The molecule has 0 aromatic heterocycles. The van der Waals surface area contributed by atoms with Gasteiger partial charge in [-0.15, -0.1) is 0 Å². The van der Waals surface area contributed by atoms with Crippen molar-refractivity contribution in [3.8, 4) is 0 Å². The molecule has 0 spiro atoms. The van der Waals surface area contributed by atoms with E-state index >= 15 is 0 Å². The van der Waals surface area contributed by atoms with Gasteiger partial charge in [-0.05, 0) is 61.6 Å². The van der Waals surface area contributed by atoms with Gasteiger partial charge in [0.05, 0.1) is 6.04 Å². The van der Waals surface area contributed by atoms with Crippen molar-refractivity contribution in [2.24, 2.45) is 5.73 Å². The van der Waals surface area contributed by atoms with Crippen LogP contribution in [-0.4, -0.2) is 23.3 Å². The Morgan fingerprint density at radius 3 is 2.29 bits per heavy atom. The summed E-state index contributed by atoms with van der Waals surface area (Å²) in [6.45, 7) is 2.59. The minimum Gasteiger partial charge on any atom is -0.370 e. The van der Waals surface area contributed by atoms with E-state index in [0.29, 0.717) is 19.4 Å². The standard InChI is InChI=1S/C22H26BrFN2O2/c1-16(18-9-11-19(23)12-10-18)26(22(28)6-2-5-21(25)27)15-3-4-17-7-13-20(24)14-8-17/h7-14,16H,2-6,15H2,1H3,(H2,25,27)/t16-/m0/s1. The molecule has 2 aromatic rings. The van der Waals surface area contributed by atoms with Crippen LogP contribution in [0.4, 0.5) is 4.39 Å². The smallest absolute Gasteiger partial charge is 0.223 e. The highest BCUT2D eigenvalue weighted by Gasteiger charge is 2.21. The van der Waals surface area contributed by atoms with Crippen molar-refractivity contribution in [2.75, 3.05) is 6.54 Å². The highest BCUT2D eigenvalue weighted by atomic mass is 79.9. The van der Waals surface area contributed by atoms with Crippen molar-refractivity contribution < 1.29 is 14.0 Å². The fraction of sp³-hybridized carbons (Fsp3) is 0.364. The molecule has 28 heavy (non-hydrogen) atoms. The van der Waals surface area contributed by atoms with Crippen LogP contribution in [0.3, 0.4) is 0 Å². The third-order valence-electron chi connectivity index (χ3n) is 4.73. The lowest BCUT2D eigenvalue weighted by Gasteiger charge is -2.30. The molecular weight excluding hydrogens is 423 g/mol. The Morgan fingerprint density at radius 2 is 1.68 bits per heavy atom. The third-order valence-corrected chi connectivity index (χ3v) is 5.26. The molecule has 6 heteroatoms. The van der Waals surface area contributed by atoms with E-state index < -0.39 is 5.91 Å². The highest BCUT2D eigenvalue weighted by molar-refractivity contribution is 9.10. The maximum absolute atomic E-state index is 13.1. The highest BCUT2D eigenvalue weighted by Crippen LogP contribution is 2.24. The molecule has 2 N–H and O–H groups in total. The molecule has 0 heterocycles. The molecule has 0 aliphatic heterocycles. The van der Waals surface area contributed by atoms with Crippen molar-refractivity contribution in [2.45, 2.75) is 45.1 Å². The SMILES string of the molecule is C[C@@H](c1ccc(Br)cc1)N(CCCc1ccc(F)cc1)C(=O)CCCC(N)=O. The van der Waals surface area contributed by atoms with E-state index in [1.807, 2.05) is 36.1 Å². The summed E-state index contributed by atoms with van der Waals surface area (Å²) in [6.07, 6.45) is 2.49. The number of benzene rings is 2. The largest absolute Gasteiger partial charge is 0.370 e. The van der Waals surface area contributed by atoms with Gasteiger partial charge in [-0.3, -0.25) is 9.59 Å². The predicted octanol–water partition coefficient (Wildman–Crippen LogP) is 4.77. The van der Waals surface area contributed by atoms with E-state index in [4.69, 9.17) is 5.73 Å². The molecule has 0 saturated heterocycles. The molecule has 0 unspecified atom stereocenters. The van der Waals surface area contributed by atoms with Crippen LogP contribution >= 0.6 is 15.9 Å². The van der Waals surface area contributed by atoms with Gasteiger partial charge in [-0.25, -0.2) is 4.39 Å². The number of hydrogen-bond donors (Lipinski definition) is 1. The van der Waals surface area contributed by atoms with Gasteiger partial charge in [0.1, 0.15) is 5.82 Å². The van der Waals surface area contributed by atoms with Gasteiger partial charge in [0.25, 0.3) is 0 Å². The van der Waals surface area contributed by atoms with Crippen LogP contribution < -0.4 is 5.73 Å². The molecule has 2 amide bonds. The van der Waals surface area contributed by atoms with E-state index in [9.17, 15) is 14.0 Å². The van der Waals surface area contributed by atoms with E-state index in [2.05, 4.69) is 15.9 Å². The van der Waals surface area contributed by atoms with Gasteiger partial charge in [0.15, 0.2) is 0 Å². The summed E-state index contributed by atoms with van der Waals surface area (Å²) in [5, 5.41) is 0. The lowest BCUT2D eigenvalue weighted by atomic mass is 10.0. The van der Waals surface area contributed by atoms with Crippen LogP contribution in [0.15, 0.2) is 53.0 Å². The van der Waals surface area contributed by atoms with E-state index in [1.54, 1.807) is 12.1 Å². The van der Waals surface area contributed by atoms with Crippen LogP contribution in [0.5, 0.6) is 0 Å². The van der Waals surface area contributed by atoms with Gasteiger partial charge in [-0.2, -0.15) is 0 Å². The van der Waals surface area contributed by atoms with Gasteiger partial charge in [0, 0.05) is 23.9 Å². The molecule has 0 saturated carbocycles. The molecule has 0 aliphatic rings. The first kappa shape index (κ1) is 22.1. The lowest BCUT2D eigenvalue weighted by molar-refractivity contribution is -0.133. The van der Waals surface area contributed by atoms with Crippen molar-refractivity contribution in [3.05, 3.63) is 69.9 Å². The first-order valence-electron chi connectivity index (χ1n) is 9.44. The molecule has 0 fully saturated rings. The summed E-state index contributed by atoms with van der Waals surface area (Å²) in [7, 11) is 0. The zero-order valence-corrected chi connectivity index (χ0v) is 17.6. The summed E-state index contributed by atoms with van der Waals surface area (Å²) < 4.78 is 14.0. The minimum absolute atomic E-state index is 0.00998. The van der Waals surface area contributed by atoms with E-state index in [0.717, 1.165) is 28.4 Å². The number of carbonyl (C=O) groups is 2. The zero-order chi connectivity index (χ0) is 20.5. The Kier molecular flexibility index (Phi) is 8.64. The second-order valence-electron chi connectivity index (χ2n) is 6.86. The summed E-state index contributed by atoms with van der Waals surface area (Å²) in [6, 6.07) is 14.3. The third kappa shape index (κ3) is 7.08. The van der Waals surface area contributed by atoms with Gasteiger partial charge in [0.2, 0.25) is 11.8 Å². The topological polar surface area (TPSA) is 63.4 Å². The van der Waals surface area contributed by atoms with Crippen molar-refractivity contribution in [3.63, 3.8) is 0 Å². The second-order valence-corrected chi connectivity index (χ2v) is 7.78. The first-order valence-corrected chi connectivity index (χ1v) is 10.2. The first-order chi connectivity index (χ1) is 13.4. The molecule has 4 nitrogen and oxygen atoms in total. The normalized spacial score (nSPS) is 11.8. The Morgan fingerprint density at radius 1 is 1.04 bits per heavy atom. The second kappa shape index (κ2) is 11.0. The van der Waals surface area contributed by atoms with Gasteiger partial charge >= 0.3 is 0 Å². The molecule has 0 bridgehead atoms. The molecule has 0 radical (unpaired) electrons. The lowest BCUT2D eigenvalue weighted by Crippen LogP contribution is -2.34. The number of hydrogen-bond acceptors (Lipinski definition) is 2. The number of nitrogens with zero attached hydrogens (tertiary/aromatic N) is 1. The Bertz CT molecular complexity index is 778. The molecule has 0 aliphatic carbocycles. The molecular formula is C22H26BrFN2O2. The summed E-state index contributed by atoms with van der Waals surface area (Å²) >= 11 is 3.43. The maximum Gasteiger partial charge on any atom is 0.223 e. The number of nitrogens with two attached hydrogens (primary N) is 1. The van der Waals surface area contributed by atoms with Crippen molar-refractivity contribution in [1.29, 1.82) is 0 Å². The number of carbonyl (C=O) groups excluding carboxylic acids is 2. The number of rotatable bonds is 10. The fourth-order valence-electron chi connectivity index (χ4n) is 3.12. The van der Waals surface area contributed by atoms with Gasteiger partial charge in [-0.1, -0.05) is 40.2 Å². The summed E-state index contributed by atoms with van der Waals surface area (Å²) in [5.41, 5.74) is 7.27. The maximum atomic E-state index is 13.1. The Balaban J connectivity index is 2.03. The van der Waals surface area contributed by atoms with Crippen LogP contribution in [0, 0.1) is 5.82 Å². The van der Waals surface area contributed by atoms with Crippen molar-refractivity contribution >= 4 is 27.7 Å². The number of amides is 2. The average Bonchev–Trinajstić information content (AvgIpc) is 2.66. The number of primary amides is 1. The summed E-state index contributed by atoms with van der Waals surface area (Å²) in [4.78, 5) is 25.6. The molecule has 2 rings (SSSR count). The number of aryl methyl sites for hydroxylation is 1. The zero-order valence-electron chi connectivity index (χ0n) is 16.0. The van der Waals surface area contributed by atoms with Crippen molar-refractivity contribution in [1.82, 2.24) is 4.90 Å². The van der Waals surface area contributed by atoms with E-state index in [-0.39, 0.29) is 24.2 Å². The Hall–Kier alpha value is -2.21. The molecule has 150 valence electrons. The Labute approximate surface area is 174 Å². The monoisotopic (exact) mass is 448 g/mol. The molecule has 1 atom stereocenters. The molecule has 2 aromatic carbocycles. The summed E-state index contributed by atoms with van der Waals surface area (Å²) in [5.74, 6) is -0.633. The van der Waals surface area contributed by atoms with E-state index in [1.165, 1.54) is 12.1 Å². The quantitative estimate of drug-likeness (QED) is 0.568. The van der Waals surface area contributed by atoms with Crippen LogP contribution in [0.25, 0.3) is 0 Å². The fourth-order valence-corrected chi connectivity index (χ4v) is 3.38. The predicted molar refractivity (Wildman–Crippen MR) is 112 cm³/mol. The minimum atomic E-state index is -0.392. The number of halogens is 2. The van der Waals surface area contributed by atoms with Crippen LogP contribution in [-0.2, 0) is 16.0 Å². The van der Waals surface area contributed by atoms with Gasteiger partial charge < -0.3 is 10.6 Å². The van der Waals surface area contributed by atoms with Crippen LogP contribution in [0.1, 0.15) is 49.8 Å². The average molecular weight is 449 g/mol. The van der Waals surface area contributed by atoms with Crippen LogP contribution in [0.2, 0.25) is 0 Å².